The molecule has 8 heteroatoms. The van der Waals surface area contributed by atoms with Crippen LogP contribution in [0.1, 0.15) is 58.8 Å². The van der Waals surface area contributed by atoms with Crippen molar-refractivity contribution in [2.45, 2.75) is 70.9 Å². The molecule has 0 spiro atoms. The van der Waals surface area contributed by atoms with Gasteiger partial charge in [0.15, 0.2) is 0 Å². The van der Waals surface area contributed by atoms with E-state index < -0.39 is 12.1 Å². The summed E-state index contributed by atoms with van der Waals surface area (Å²) in [7, 11) is 0. The SMILES string of the molecule is CCCCC(NC(=O)C(N)CCC)C(=O)Nc1cccc(N2CCCC2)c1.Cl.Cl. The van der Waals surface area contributed by atoms with Gasteiger partial charge in [-0.1, -0.05) is 39.2 Å². The molecular weight excluding hydrogens is 411 g/mol. The number of nitrogens with zero attached hydrogens (tertiary/aromatic N) is 1. The molecule has 1 aromatic carbocycles. The first-order chi connectivity index (χ1) is 13.0. The van der Waals surface area contributed by atoms with Gasteiger partial charge >= 0.3 is 0 Å². The Morgan fingerprint density at radius 1 is 1.07 bits per heavy atom. The lowest BCUT2D eigenvalue weighted by molar-refractivity contribution is -0.127. The van der Waals surface area contributed by atoms with E-state index in [0.29, 0.717) is 12.8 Å². The average molecular weight is 447 g/mol. The monoisotopic (exact) mass is 446 g/mol. The van der Waals surface area contributed by atoms with Crippen molar-refractivity contribution in [2.24, 2.45) is 5.73 Å². The van der Waals surface area contributed by atoms with Crippen molar-refractivity contribution >= 4 is 48.0 Å². The van der Waals surface area contributed by atoms with Crippen molar-refractivity contribution in [1.29, 1.82) is 0 Å². The van der Waals surface area contributed by atoms with E-state index in [2.05, 4.69) is 28.5 Å². The van der Waals surface area contributed by atoms with E-state index in [9.17, 15) is 9.59 Å². The molecule has 1 heterocycles. The minimum absolute atomic E-state index is 0. The van der Waals surface area contributed by atoms with Crippen LogP contribution < -0.4 is 21.3 Å². The number of hydrogen-bond donors (Lipinski definition) is 3. The quantitative estimate of drug-likeness (QED) is 0.508. The molecule has 1 saturated heterocycles. The van der Waals surface area contributed by atoms with Crippen LogP contribution in [0.3, 0.4) is 0 Å². The fourth-order valence-corrected chi connectivity index (χ4v) is 3.38. The van der Waals surface area contributed by atoms with Gasteiger partial charge in [0.25, 0.3) is 0 Å². The predicted molar refractivity (Wildman–Crippen MR) is 125 cm³/mol. The molecule has 4 N–H and O–H groups in total. The lowest BCUT2D eigenvalue weighted by atomic mass is 10.1. The molecule has 0 saturated carbocycles. The standard InChI is InChI=1S/C21H34N4O2.2ClH/c1-3-5-12-19(24-20(26)18(22)9-4-2)21(27)23-16-10-8-11-17(15-16)25-13-6-7-14-25;;/h8,10-11,15,18-19H,3-7,9,12-14,22H2,1-2H3,(H,23,27)(H,24,26);2*1H. The smallest absolute Gasteiger partial charge is 0.246 e. The van der Waals surface area contributed by atoms with Gasteiger partial charge in [0.2, 0.25) is 11.8 Å². The van der Waals surface area contributed by atoms with Crippen LogP contribution in [0.2, 0.25) is 0 Å². The third kappa shape index (κ3) is 8.81. The Morgan fingerprint density at radius 3 is 2.38 bits per heavy atom. The minimum Gasteiger partial charge on any atom is -0.371 e. The number of nitrogens with one attached hydrogen (secondary N) is 2. The molecule has 1 aliphatic rings. The van der Waals surface area contributed by atoms with Crippen LogP contribution in [0.5, 0.6) is 0 Å². The summed E-state index contributed by atoms with van der Waals surface area (Å²) < 4.78 is 0. The molecule has 29 heavy (non-hydrogen) atoms. The first kappa shape index (κ1) is 27.5. The topological polar surface area (TPSA) is 87.5 Å². The fourth-order valence-electron chi connectivity index (χ4n) is 3.38. The van der Waals surface area contributed by atoms with Crippen molar-refractivity contribution in [3.8, 4) is 0 Å². The Labute approximate surface area is 187 Å². The Morgan fingerprint density at radius 2 is 1.76 bits per heavy atom. The molecule has 1 fully saturated rings. The van der Waals surface area contributed by atoms with E-state index in [1.807, 2.05) is 25.1 Å². The molecule has 0 bridgehead atoms. The molecule has 2 rings (SSSR count). The highest BCUT2D eigenvalue weighted by Crippen LogP contribution is 2.23. The number of halogens is 2. The Balaban J connectivity index is 0.00000392. The second-order valence-electron chi connectivity index (χ2n) is 7.33. The molecular formula is C21H36Cl2N4O2. The third-order valence-electron chi connectivity index (χ3n) is 5.00. The van der Waals surface area contributed by atoms with Gasteiger partial charge in [0, 0.05) is 24.5 Å². The van der Waals surface area contributed by atoms with Crippen LogP contribution in [-0.2, 0) is 9.59 Å². The van der Waals surface area contributed by atoms with Crippen LogP contribution in [-0.4, -0.2) is 37.0 Å². The van der Waals surface area contributed by atoms with Gasteiger partial charge in [-0.2, -0.15) is 0 Å². The maximum atomic E-state index is 12.8. The van der Waals surface area contributed by atoms with E-state index in [1.165, 1.54) is 12.8 Å². The Hall–Kier alpha value is -1.50. The highest BCUT2D eigenvalue weighted by Gasteiger charge is 2.23. The number of amides is 2. The maximum absolute atomic E-state index is 12.8. The summed E-state index contributed by atoms with van der Waals surface area (Å²) >= 11 is 0. The fraction of sp³-hybridized carbons (Fsp3) is 0.619. The van der Waals surface area contributed by atoms with Gasteiger partial charge in [0.05, 0.1) is 6.04 Å². The van der Waals surface area contributed by atoms with Crippen LogP contribution in [0.4, 0.5) is 11.4 Å². The number of carbonyl (C=O) groups is 2. The van der Waals surface area contributed by atoms with Gasteiger partial charge in [0.1, 0.15) is 6.04 Å². The predicted octanol–water partition coefficient (Wildman–Crippen LogP) is 3.87. The minimum atomic E-state index is -0.564. The lowest BCUT2D eigenvalue weighted by Crippen LogP contribution is -2.49. The van der Waals surface area contributed by atoms with E-state index >= 15 is 0 Å². The molecule has 2 atom stereocenters. The van der Waals surface area contributed by atoms with Gasteiger partial charge in [-0.25, -0.2) is 0 Å². The summed E-state index contributed by atoms with van der Waals surface area (Å²) in [6, 6.07) is 6.80. The summed E-state index contributed by atoms with van der Waals surface area (Å²) in [5, 5.41) is 5.81. The Bertz CT molecular complexity index is 624. The largest absolute Gasteiger partial charge is 0.371 e. The van der Waals surface area contributed by atoms with E-state index in [1.54, 1.807) is 0 Å². The number of hydrogen-bond acceptors (Lipinski definition) is 4. The summed E-state index contributed by atoms with van der Waals surface area (Å²) in [4.78, 5) is 27.4. The van der Waals surface area contributed by atoms with Crippen LogP contribution in [0.25, 0.3) is 0 Å². The van der Waals surface area contributed by atoms with Gasteiger partial charge in [-0.15, -0.1) is 24.8 Å². The van der Waals surface area contributed by atoms with Gasteiger partial charge in [-0.3, -0.25) is 9.59 Å². The van der Waals surface area contributed by atoms with Crippen molar-refractivity contribution in [2.75, 3.05) is 23.3 Å². The van der Waals surface area contributed by atoms with Crippen LogP contribution in [0, 0.1) is 0 Å². The maximum Gasteiger partial charge on any atom is 0.246 e. The van der Waals surface area contributed by atoms with E-state index in [0.717, 1.165) is 43.7 Å². The molecule has 0 aromatic heterocycles. The zero-order valence-corrected chi connectivity index (χ0v) is 19.1. The van der Waals surface area contributed by atoms with Crippen LogP contribution >= 0.6 is 24.8 Å². The molecule has 0 aliphatic carbocycles. The summed E-state index contributed by atoms with van der Waals surface area (Å²) in [6.45, 7) is 6.17. The van der Waals surface area contributed by atoms with E-state index in [4.69, 9.17) is 5.73 Å². The molecule has 166 valence electrons. The molecule has 2 unspecified atom stereocenters. The number of carbonyl (C=O) groups excluding carboxylic acids is 2. The van der Waals surface area contributed by atoms with Crippen molar-refractivity contribution in [3.63, 3.8) is 0 Å². The Kier molecular flexibility index (Phi) is 13.7. The zero-order chi connectivity index (χ0) is 19.6. The number of unbranched alkanes of at least 4 members (excludes halogenated alkanes) is 1. The molecule has 1 aromatic rings. The summed E-state index contributed by atoms with van der Waals surface area (Å²) in [6.07, 6.45) is 6.31. The first-order valence-electron chi connectivity index (χ1n) is 10.3. The van der Waals surface area contributed by atoms with Crippen LogP contribution in [0.15, 0.2) is 24.3 Å². The lowest BCUT2D eigenvalue weighted by Gasteiger charge is -2.22. The van der Waals surface area contributed by atoms with Crippen molar-refractivity contribution in [1.82, 2.24) is 5.32 Å². The van der Waals surface area contributed by atoms with Crippen molar-refractivity contribution < 1.29 is 9.59 Å². The van der Waals surface area contributed by atoms with E-state index in [-0.39, 0.29) is 36.6 Å². The number of anilines is 2. The van der Waals surface area contributed by atoms with Gasteiger partial charge < -0.3 is 21.3 Å². The highest BCUT2D eigenvalue weighted by molar-refractivity contribution is 5.98. The first-order valence-corrected chi connectivity index (χ1v) is 10.3. The average Bonchev–Trinajstić information content (AvgIpc) is 3.20. The van der Waals surface area contributed by atoms with Gasteiger partial charge in [-0.05, 0) is 43.9 Å². The summed E-state index contributed by atoms with van der Waals surface area (Å²) in [5.74, 6) is -0.432. The second-order valence-corrected chi connectivity index (χ2v) is 7.33. The third-order valence-corrected chi connectivity index (χ3v) is 5.00. The molecule has 6 nitrogen and oxygen atoms in total. The number of benzene rings is 1. The normalized spacial score (nSPS) is 14.9. The number of nitrogens with two attached hydrogens (primary N) is 1. The highest BCUT2D eigenvalue weighted by atomic mass is 35.5. The molecule has 2 amide bonds. The molecule has 0 radical (unpaired) electrons. The zero-order valence-electron chi connectivity index (χ0n) is 17.5. The number of rotatable bonds is 10. The van der Waals surface area contributed by atoms with Crippen molar-refractivity contribution in [3.05, 3.63) is 24.3 Å². The second kappa shape index (κ2) is 14.5. The summed E-state index contributed by atoms with van der Waals surface area (Å²) in [5.41, 5.74) is 7.79. The molecule has 1 aliphatic heterocycles.